The summed E-state index contributed by atoms with van der Waals surface area (Å²) in [6.45, 7) is 1.39. The molecule has 0 saturated heterocycles. The molecule has 0 heterocycles. The minimum atomic E-state index is -0.0952. The van der Waals surface area contributed by atoms with E-state index in [1.54, 1.807) is 25.3 Å². The molecule has 0 aliphatic rings. The second-order valence-corrected chi connectivity index (χ2v) is 4.52. The van der Waals surface area contributed by atoms with Gasteiger partial charge in [0.2, 0.25) is 5.91 Å². The van der Waals surface area contributed by atoms with Gasteiger partial charge >= 0.3 is 0 Å². The molecule has 0 bridgehead atoms. The van der Waals surface area contributed by atoms with Gasteiger partial charge in [0.15, 0.2) is 0 Å². The van der Waals surface area contributed by atoms with Crippen LogP contribution in [0.4, 0.5) is 5.69 Å². The maximum atomic E-state index is 11.5. The van der Waals surface area contributed by atoms with Crippen molar-refractivity contribution in [2.45, 2.75) is 6.42 Å². The predicted octanol–water partition coefficient (Wildman–Crippen LogP) is 2.56. The standard InChI is InChI=1S/C12H16Cl2N2O2/c1-18-6-2-5-15-12(17)8-16-11-7-9(13)3-4-10(11)14/h3-4,7,16H,2,5-6,8H2,1H3,(H,15,17). The van der Waals surface area contributed by atoms with Gasteiger partial charge in [0.25, 0.3) is 0 Å². The summed E-state index contributed by atoms with van der Waals surface area (Å²) in [5.74, 6) is -0.0952. The van der Waals surface area contributed by atoms with Gasteiger partial charge in [-0.2, -0.15) is 0 Å². The van der Waals surface area contributed by atoms with E-state index in [0.717, 1.165) is 6.42 Å². The zero-order valence-corrected chi connectivity index (χ0v) is 11.6. The number of carbonyl (C=O) groups excluding carboxylic acids is 1. The molecular weight excluding hydrogens is 275 g/mol. The second-order valence-electron chi connectivity index (χ2n) is 3.67. The molecule has 18 heavy (non-hydrogen) atoms. The molecule has 100 valence electrons. The fourth-order valence-corrected chi connectivity index (χ4v) is 1.67. The van der Waals surface area contributed by atoms with Crippen molar-refractivity contribution in [3.8, 4) is 0 Å². The van der Waals surface area contributed by atoms with E-state index < -0.39 is 0 Å². The summed E-state index contributed by atoms with van der Waals surface area (Å²) < 4.78 is 4.88. The minimum Gasteiger partial charge on any atom is -0.385 e. The first-order valence-corrected chi connectivity index (χ1v) is 6.33. The van der Waals surface area contributed by atoms with Gasteiger partial charge in [0.05, 0.1) is 17.3 Å². The third kappa shape index (κ3) is 5.58. The maximum absolute atomic E-state index is 11.5. The van der Waals surface area contributed by atoms with Crippen LogP contribution in [0.1, 0.15) is 6.42 Å². The molecule has 1 amide bonds. The molecule has 0 fully saturated rings. The Bertz CT molecular complexity index is 400. The largest absolute Gasteiger partial charge is 0.385 e. The molecule has 0 spiro atoms. The van der Waals surface area contributed by atoms with Gasteiger partial charge in [0, 0.05) is 25.3 Å². The molecular formula is C12H16Cl2N2O2. The lowest BCUT2D eigenvalue weighted by molar-refractivity contribution is -0.119. The van der Waals surface area contributed by atoms with Gasteiger partial charge in [-0.15, -0.1) is 0 Å². The van der Waals surface area contributed by atoms with Crippen LogP contribution in [-0.2, 0) is 9.53 Å². The normalized spacial score (nSPS) is 10.2. The third-order valence-corrected chi connectivity index (χ3v) is 2.78. The van der Waals surface area contributed by atoms with Crippen LogP contribution < -0.4 is 10.6 Å². The number of methoxy groups -OCH3 is 1. The topological polar surface area (TPSA) is 50.4 Å². The van der Waals surface area contributed by atoms with Gasteiger partial charge in [0.1, 0.15) is 0 Å². The Kier molecular flexibility index (Phi) is 6.86. The van der Waals surface area contributed by atoms with Crippen molar-refractivity contribution in [3.05, 3.63) is 28.2 Å². The average molecular weight is 291 g/mol. The molecule has 6 heteroatoms. The summed E-state index contributed by atoms with van der Waals surface area (Å²) in [5.41, 5.74) is 0.649. The van der Waals surface area contributed by atoms with Crippen molar-refractivity contribution in [1.29, 1.82) is 0 Å². The number of carbonyl (C=O) groups is 1. The van der Waals surface area contributed by atoms with Gasteiger partial charge in [-0.25, -0.2) is 0 Å². The number of halogens is 2. The highest BCUT2D eigenvalue weighted by Crippen LogP contribution is 2.24. The summed E-state index contributed by atoms with van der Waals surface area (Å²) in [6, 6.07) is 5.06. The number of hydrogen-bond acceptors (Lipinski definition) is 3. The molecule has 1 aromatic rings. The number of amides is 1. The Balaban J connectivity index is 2.31. The SMILES string of the molecule is COCCCNC(=O)CNc1cc(Cl)ccc1Cl. The smallest absolute Gasteiger partial charge is 0.239 e. The Morgan fingerprint density at radius 2 is 2.17 bits per heavy atom. The van der Waals surface area contributed by atoms with E-state index in [9.17, 15) is 4.79 Å². The number of hydrogen-bond donors (Lipinski definition) is 2. The van der Waals surface area contributed by atoms with E-state index in [1.807, 2.05) is 0 Å². The predicted molar refractivity (Wildman–Crippen MR) is 74.5 cm³/mol. The Labute approximate surface area is 117 Å². The molecule has 4 nitrogen and oxygen atoms in total. The average Bonchev–Trinajstić information content (AvgIpc) is 2.36. The van der Waals surface area contributed by atoms with Gasteiger partial charge < -0.3 is 15.4 Å². The lowest BCUT2D eigenvalue weighted by Crippen LogP contribution is -2.31. The molecule has 0 atom stereocenters. The monoisotopic (exact) mass is 290 g/mol. The van der Waals surface area contributed by atoms with Crippen LogP contribution in [-0.4, -0.2) is 32.7 Å². The lowest BCUT2D eigenvalue weighted by atomic mass is 10.3. The highest BCUT2D eigenvalue weighted by molar-refractivity contribution is 6.35. The van der Waals surface area contributed by atoms with E-state index in [0.29, 0.717) is 28.9 Å². The Morgan fingerprint density at radius 1 is 1.39 bits per heavy atom. The summed E-state index contributed by atoms with van der Waals surface area (Å²) in [6.07, 6.45) is 0.792. The van der Waals surface area contributed by atoms with Crippen molar-refractivity contribution in [3.63, 3.8) is 0 Å². The van der Waals surface area contributed by atoms with Crippen LogP contribution >= 0.6 is 23.2 Å². The first-order valence-electron chi connectivity index (χ1n) is 5.58. The summed E-state index contributed by atoms with van der Waals surface area (Å²) >= 11 is 11.8. The van der Waals surface area contributed by atoms with Crippen molar-refractivity contribution < 1.29 is 9.53 Å². The van der Waals surface area contributed by atoms with Crippen molar-refractivity contribution in [1.82, 2.24) is 5.32 Å². The highest BCUT2D eigenvalue weighted by atomic mass is 35.5. The molecule has 1 rings (SSSR count). The van der Waals surface area contributed by atoms with Gasteiger partial charge in [-0.1, -0.05) is 23.2 Å². The fraction of sp³-hybridized carbons (Fsp3) is 0.417. The summed E-state index contributed by atoms with van der Waals surface area (Å²) in [7, 11) is 1.63. The van der Waals surface area contributed by atoms with Crippen molar-refractivity contribution in [2.24, 2.45) is 0 Å². The number of benzene rings is 1. The number of rotatable bonds is 7. The van der Waals surface area contributed by atoms with Crippen LogP contribution in [0.15, 0.2) is 18.2 Å². The molecule has 0 radical (unpaired) electrons. The summed E-state index contributed by atoms with van der Waals surface area (Å²) in [5, 5.41) is 6.80. The first-order chi connectivity index (χ1) is 8.63. The highest BCUT2D eigenvalue weighted by Gasteiger charge is 2.04. The quantitative estimate of drug-likeness (QED) is 0.759. The number of anilines is 1. The zero-order valence-electron chi connectivity index (χ0n) is 10.1. The molecule has 2 N–H and O–H groups in total. The van der Waals surface area contributed by atoms with Gasteiger partial charge in [-0.3, -0.25) is 4.79 Å². The first kappa shape index (κ1) is 15.1. The number of nitrogens with one attached hydrogen (secondary N) is 2. The molecule has 0 aliphatic carbocycles. The van der Waals surface area contributed by atoms with E-state index in [2.05, 4.69) is 10.6 Å². The molecule has 0 unspecified atom stereocenters. The van der Waals surface area contributed by atoms with E-state index in [1.165, 1.54) is 0 Å². The van der Waals surface area contributed by atoms with Crippen LogP contribution in [0.3, 0.4) is 0 Å². The van der Waals surface area contributed by atoms with E-state index in [-0.39, 0.29) is 12.5 Å². The van der Waals surface area contributed by atoms with Gasteiger partial charge in [-0.05, 0) is 24.6 Å². The van der Waals surface area contributed by atoms with E-state index in [4.69, 9.17) is 27.9 Å². The molecule has 0 saturated carbocycles. The van der Waals surface area contributed by atoms with Crippen LogP contribution in [0.25, 0.3) is 0 Å². The Hall–Kier alpha value is -0.970. The zero-order chi connectivity index (χ0) is 13.4. The lowest BCUT2D eigenvalue weighted by Gasteiger charge is -2.09. The van der Waals surface area contributed by atoms with Crippen LogP contribution in [0.5, 0.6) is 0 Å². The van der Waals surface area contributed by atoms with Crippen molar-refractivity contribution in [2.75, 3.05) is 32.1 Å². The van der Waals surface area contributed by atoms with Crippen molar-refractivity contribution >= 4 is 34.8 Å². The van der Waals surface area contributed by atoms with Crippen LogP contribution in [0, 0.1) is 0 Å². The summed E-state index contributed by atoms with van der Waals surface area (Å²) in [4.78, 5) is 11.5. The van der Waals surface area contributed by atoms with Crippen LogP contribution in [0.2, 0.25) is 10.0 Å². The minimum absolute atomic E-state index is 0.0952. The molecule has 1 aromatic carbocycles. The molecule has 0 aromatic heterocycles. The maximum Gasteiger partial charge on any atom is 0.239 e. The Morgan fingerprint density at radius 3 is 2.89 bits per heavy atom. The fourth-order valence-electron chi connectivity index (χ4n) is 1.32. The third-order valence-electron chi connectivity index (χ3n) is 2.22. The molecule has 0 aliphatic heterocycles. The second kappa shape index (κ2) is 8.19. The van der Waals surface area contributed by atoms with E-state index >= 15 is 0 Å². The number of ether oxygens (including phenoxy) is 1.